The quantitative estimate of drug-likeness (QED) is 0.608. The molecular weight excluding hydrogens is 432 g/mol. The highest BCUT2D eigenvalue weighted by molar-refractivity contribution is 6.05. The number of fused-ring (bicyclic) bond motifs is 1. The predicted molar refractivity (Wildman–Crippen MR) is 109 cm³/mol. The van der Waals surface area contributed by atoms with E-state index in [4.69, 9.17) is 0 Å². The Bertz CT molecular complexity index is 1010. The van der Waals surface area contributed by atoms with E-state index in [1.165, 1.54) is 24.3 Å². The summed E-state index contributed by atoms with van der Waals surface area (Å²) in [6.07, 6.45) is -3.30. The van der Waals surface area contributed by atoms with Gasteiger partial charge >= 0.3 is 12.2 Å². The summed E-state index contributed by atoms with van der Waals surface area (Å²) in [6, 6.07) is 8.99. The molecule has 0 saturated heterocycles. The van der Waals surface area contributed by atoms with Crippen molar-refractivity contribution < 1.29 is 31.9 Å². The van der Waals surface area contributed by atoms with Gasteiger partial charge < -0.3 is 15.5 Å². The van der Waals surface area contributed by atoms with Gasteiger partial charge in [-0.1, -0.05) is 6.07 Å². The number of hydrogen-bond donors (Lipinski definition) is 3. The lowest BCUT2D eigenvalue weighted by molar-refractivity contribution is -0.124. The van der Waals surface area contributed by atoms with Gasteiger partial charge in [-0.2, -0.15) is 13.2 Å². The van der Waals surface area contributed by atoms with Crippen LogP contribution in [0.1, 0.15) is 22.3 Å². The lowest BCUT2D eigenvalue weighted by Crippen LogP contribution is -2.47. The third kappa shape index (κ3) is 6.19. The van der Waals surface area contributed by atoms with E-state index in [1.54, 1.807) is 28.4 Å². The van der Waals surface area contributed by atoms with Crippen molar-refractivity contribution in [2.75, 3.05) is 29.9 Å². The molecule has 170 valence electrons. The van der Waals surface area contributed by atoms with E-state index >= 15 is 0 Å². The lowest BCUT2D eigenvalue weighted by atomic mass is 9.99. The Morgan fingerprint density at radius 1 is 1.03 bits per heavy atom. The Balaban J connectivity index is 1.66. The second-order valence-electron chi connectivity index (χ2n) is 7.14. The van der Waals surface area contributed by atoms with Crippen LogP contribution in [-0.2, 0) is 11.2 Å². The zero-order valence-electron chi connectivity index (χ0n) is 16.8. The maximum atomic E-state index is 13.1. The fourth-order valence-electron chi connectivity index (χ4n) is 3.34. The van der Waals surface area contributed by atoms with Gasteiger partial charge in [0, 0.05) is 23.5 Å². The van der Waals surface area contributed by atoms with Crippen LogP contribution >= 0.6 is 0 Å². The average molecular weight is 452 g/mol. The molecule has 3 rings (SSSR count). The zero-order chi connectivity index (χ0) is 23.3. The van der Waals surface area contributed by atoms with E-state index in [0.717, 1.165) is 5.56 Å². The van der Waals surface area contributed by atoms with Crippen LogP contribution in [0, 0.1) is 5.82 Å². The number of urea groups is 1. The molecule has 1 heterocycles. The molecule has 2 aromatic rings. The summed E-state index contributed by atoms with van der Waals surface area (Å²) < 4.78 is 49.6. The number of rotatable bonds is 5. The molecule has 0 atom stereocenters. The molecule has 0 fully saturated rings. The first-order valence-corrected chi connectivity index (χ1v) is 9.70. The number of carbonyl (C=O) groups is 3. The summed E-state index contributed by atoms with van der Waals surface area (Å²) in [6.45, 7) is -1.31. The number of halogens is 4. The number of carbonyl (C=O) groups excluding carboxylic acids is 3. The maximum Gasteiger partial charge on any atom is 0.405 e. The molecule has 2 aromatic carbocycles. The molecule has 3 N–H and O–H groups in total. The lowest BCUT2D eigenvalue weighted by Gasteiger charge is -2.32. The number of nitrogens with one attached hydrogen (secondary N) is 3. The van der Waals surface area contributed by atoms with Gasteiger partial charge in [0.2, 0.25) is 5.91 Å². The van der Waals surface area contributed by atoms with Crippen LogP contribution < -0.4 is 20.9 Å². The van der Waals surface area contributed by atoms with Gasteiger partial charge in [0.1, 0.15) is 12.4 Å². The number of alkyl halides is 3. The summed E-state index contributed by atoms with van der Waals surface area (Å²) >= 11 is 0. The van der Waals surface area contributed by atoms with Crippen molar-refractivity contribution in [1.29, 1.82) is 0 Å². The van der Waals surface area contributed by atoms with Crippen molar-refractivity contribution in [2.24, 2.45) is 0 Å². The topological polar surface area (TPSA) is 90.5 Å². The largest absolute Gasteiger partial charge is 0.405 e. The van der Waals surface area contributed by atoms with Crippen molar-refractivity contribution in [2.45, 2.75) is 19.0 Å². The van der Waals surface area contributed by atoms with Gasteiger partial charge in [-0.05, 0) is 54.8 Å². The molecule has 7 nitrogen and oxygen atoms in total. The van der Waals surface area contributed by atoms with Crippen molar-refractivity contribution >= 4 is 29.2 Å². The van der Waals surface area contributed by atoms with Crippen LogP contribution in [0.4, 0.5) is 33.7 Å². The van der Waals surface area contributed by atoms with Gasteiger partial charge in [0.05, 0.1) is 6.54 Å². The number of imide groups is 1. The van der Waals surface area contributed by atoms with Gasteiger partial charge in [-0.25, -0.2) is 9.18 Å². The molecule has 0 bridgehead atoms. The highest BCUT2D eigenvalue weighted by Crippen LogP contribution is 2.33. The third-order valence-corrected chi connectivity index (χ3v) is 4.74. The summed E-state index contributed by atoms with van der Waals surface area (Å²) in [5.41, 5.74) is 2.26. The smallest absolute Gasteiger partial charge is 0.362 e. The van der Waals surface area contributed by atoms with E-state index in [0.29, 0.717) is 30.8 Å². The summed E-state index contributed by atoms with van der Waals surface area (Å²) in [5.74, 6) is -1.65. The van der Waals surface area contributed by atoms with Crippen molar-refractivity contribution in [1.82, 2.24) is 10.6 Å². The van der Waals surface area contributed by atoms with E-state index in [-0.39, 0.29) is 12.1 Å². The van der Waals surface area contributed by atoms with Gasteiger partial charge in [0.25, 0.3) is 5.91 Å². The Kier molecular flexibility index (Phi) is 6.96. The molecule has 32 heavy (non-hydrogen) atoms. The molecule has 0 saturated carbocycles. The summed E-state index contributed by atoms with van der Waals surface area (Å²) in [4.78, 5) is 37.8. The molecule has 11 heteroatoms. The summed E-state index contributed by atoms with van der Waals surface area (Å²) in [7, 11) is 0. The normalized spacial score (nSPS) is 13.2. The van der Waals surface area contributed by atoms with Crippen molar-refractivity contribution in [3.05, 3.63) is 59.4 Å². The Hall–Kier alpha value is -3.63. The van der Waals surface area contributed by atoms with Crippen LogP contribution in [0.5, 0.6) is 0 Å². The molecular formula is C21H20F4N4O3. The van der Waals surface area contributed by atoms with Gasteiger partial charge in [-0.3, -0.25) is 14.9 Å². The average Bonchev–Trinajstić information content (AvgIpc) is 2.73. The van der Waals surface area contributed by atoms with Crippen LogP contribution in [0.2, 0.25) is 0 Å². The number of hydrogen-bond acceptors (Lipinski definition) is 4. The van der Waals surface area contributed by atoms with Crippen LogP contribution in [0.15, 0.2) is 42.5 Å². The van der Waals surface area contributed by atoms with E-state index in [2.05, 4.69) is 5.32 Å². The molecule has 0 spiro atoms. The molecule has 1 aliphatic heterocycles. The SMILES string of the molecule is O=C(CN1CCCc2c(NC(=O)c3ccc(F)cc3)cccc21)NC(=O)NCC(F)(F)F. The first-order chi connectivity index (χ1) is 15.1. The maximum absolute atomic E-state index is 13.1. The molecule has 0 unspecified atom stereocenters. The van der Waals surface area contributed by atoms with Crippen molar-refractivity contribution in [3.63, 3.8) is 0 Å². The van der Waals surface area contributed by atoms with E-state index in [1.807, 2.05) is 5.32 Å². The number of nitrogens with zero attached hydrogens (tertiary/aromatic N) is 1. The Morgan fingerprint density at radius 2 is 1.75 bits per heavy atom. The van der Waals surface area contributed by atoms with Gasteiger partial charge in [0.15, 0.2) is 0 Å². The Labute approximate surface area is 180 Å². The van der Waals surface area contributed by atoms with Crippen LogP contribution in [0.25, 0.3) is 0 Å². The van der Waals surface area contributed by atoms with Crippen molar-refractivity contribution in [3.8, 4) is 0 Å². The second-order valence-corrected chi connectivity index (χ2v) is 7.14. The molecule has 0 aliphatic carbocycles. The highest BCUT2D eigenvalue weighted by Gasteiger charge is 2.28. The zero-order valence-corrected chi connectivity index (χ0v) is 16.8. The van der Waals surface area contributed by atoms with Crippen LogP contribution in [-0.4, -0.2) is 43.7 Å². The molecule has 4 amide bonds. The van der Waals surface area contributed by atoms with Gasteiger partial charge in [-0.15, -0.1) is 0 Å². The second kappa shape index (κ2) is 9.67. The monoisotopic (exact) mass is 452 g/mol. The number of benzene rings is 2. The number of amides is 4. The minimum Gasteiger partial charge on any atom is -0.362 e. The Morgan fingerprint density at radius 3 is 2.44 bits per heavy atom. The van der Waals surface area contributed by atoms with Crippen LogP contribution in [0.3, 0.4) is 0 Å². The third-order valence-electron chi connectivity index (χ3n) is 4.74. The minimum absolute atomic E-state index is 0.248. The van der Waals surface area contributed by atoms with E-state index in [9.17, 15) is 31.9 Å². The standard InChI is InChI=1S/C21H20F4N4O3/c22-14-8-6-13(7-9-14)19(31)27-16-4-1-5-17-15(16)3-2-10-29(17)11-18(30)28-20(32)26-12-21(23,24)25/h1,4-9H,2-3,10-12H2,(H,27,31)(H2,26,28,30,32). The van der Waals surface area contributed by atoms with E-state index < -0.39 is 36.4 Å². The molecule has 0 radical (unpaired) electrons. The first-order valence-electron chi connectivity index (χ1n) is 9.70. The molecule has 1 aliphatic rings. The first kappa shape index (κ1) is 23.0. The predicted octanol–water partition coefficient (Wildman–Crippen LogP) is 3.22. The highest BCUT2D eigenvalue weighted by atomic mass is 19.4. The fourth-order valence-corrected chi connectivity index (χ4v) is 3.34. The molecule has 0 aromatic heterocycles. The minimum atomic E-state index is -4.58. The summed E-state index contributed by atoms with van der Waals surface area (Å²) in [5, 5.41) is 6.23. The number of anilines is 2. The fraction of sp³-hybridized carbons (Fsp3) is 0.286.